The highest BCUT2D eigenvalue weighted by Crippen LogP contribution is 2.22. The van der Waals surface area contributed by atoms with Crippen LogP contribution in [0.15, 0.2) is 53.4 Å². The smallest absolute Gasteiger partial charge is 0.242 e. The molecule has 0 fully saturated rings. The molecule has 2 aromatic carbocycles. The second-order valence-corrected chi connectivity index (χ2v) is 11.4. The zero-order valence-electron chi connectivity index (χ0n) is 20.8. The predicted molar refractivity (Wildman–Crippen MR) is 142 cm³/mol. The summed E-state index contributed by atoms with van der Waals surface area (Å²) in [6.07, 6.45) is 1.54. The average Bonchev–Trinajstić information content (AvgIpc) is 3.24. The third-order valence-electron chi connectivity index (χ3n) is 5.69. The minimum absolute atomic E-state index is 0.0437. The predicted octanol–water partition coefficient (Wildman–Crippen LogP) is 3.91. The number of aromatic amines is 1. The molecule has 1 heterocycles. The largest absolute Gasteiger partial charge is 0.358 e. The molecule has 1 aromatic heterocycles. The van der Waals surface area contributed by atoms with Gasteiger partial charge in [0, 0.05) is 30.7 Å². The van der Waals surface area contributed by atoms with Crippen LogP contribution in [0.2, 0.25) is 5.02 Å². The fraction of sp³-hybridized carbons (Fsp3) is 0.385. The van der Waals surface area contributed by atoms with Crippen LogP contribution >= 0.6 is 11.6 Å². The van der Waals surface area contributed by atoms with Gasteiger partial charge in [-0.1, -0.05) is 43.6 Å². The molecule has 2 amide bonds. The number of para-hydroxylation sites is 1. The normalized spacial score (nSPS) is 12.6. The third kappa shape index (κ3) is 8.55. The number of carbonyl (C=O) groups excluding carboxylic acids is 2. The van der Waals surface area contributed by atoms with Gasteiger partial charge in [-0.05, 0) is 60.9 Å². The van der Waals surface area contributed by atoms with Crippen LogP contribution in [0.4, 0.5) is 4.39 Å². The van der Waals surface area contributed by atoms with E-state index >= 15 is 0 Å². The van der Waals surface area contributed by atoms with E-state index in [9.17, 15) is 22.4 Å². The van der Waals surface area contributed by atoms with Gasteiger partial charge in [0.2, 0.25) is 21.8 Å². The number of amides is 2. The zero-order valence-corrected chi connectivity index (χ0v) is 22.4. The highest BCUT2D eigenvalue weighted by Gasteiger charge is 2.22. The topological polar surface area (TPSA) is 120 Å². The highest BCUT2D eigenvalue weighted by molar-refractivity contribution is 7.89. The summed E-state index contributed by atoms with van der Waals surface area (Å²) in [7, 11) is -3.92. The van der Waals surface area contributed by atoms with E-state index in [-0.39, 0.29) is 47.2 Å². The molecular formula is C26H32ClFN4O4S. The molecule has 3 aromatic rings. The lowest BCUT2D eigenvalue weighted by Gasteiger charge is -2.20. The molecule has 0 spiro atoms. The van der Waals surface area contributed by atoms with E-state index in [4.69, 9.17) is 11.6 Å². The fourth-order valence-electron chi connectivity index (χ4n) is 3.89. The molecule has 1 atom stereocenters. The minimum Gasteiger partial charge on any atom is -0.358 e. The first-order valence-electron chi connectivity index (χ1n) is 12.1. The molecule has 0 bridgehead atoms. The van der Waals surface area contributed by atoms with Crippen molar-refractivity contribution in [2.45, 2.75) is 50.5 Å². The van der Waals surface area contributed by atoms with Gasteiger partial charge in [-0.15, -0.1) is 0 Å². The number of carbonyl (C=O) groups is 2. The van der Waals surface area contributed by atoms with Crippen molar-refractivity contribution in [2.24, 2.45) is 5.92 Å². The van der Waals surface area contributed by atoms with Crippen LogP contribution in [0.3, 0.4) is 0 Å². The Labute approximate surface area is 221 Å². The maximum absolute atomic E-state index is 13.2. The summed E-state index contributed by atoms with van der Waals surface area (Å²) >= 11 is 5.84. The molecule has 4 N–H and O–H groups in total. The molecule has 200 valence electrons. The first-order valence-corrected chi connectivity index (χ1v) is 14.0. The lowest BCUT2D eigenvalue weighted by molar-refractivity contribution is -0.129. The molecule has 0 radical (unpaired) electrons. The highest BCUT2D eigenvalue weighted by atomic mass is 35.5. The molecule has 0 saturated heterocycles. The monoisotopic (exact) mass is 550 g/mol. The zero-order chi connectivity index (χ0) is 27.0. The van der Waals surface area contributed by atoms with Crippen molar-refractivity contribution < 1.29 is 22.4 Å². The lowest BCUT2D eigenvalue weighted by atomic mass is 10.0. The van der Waals surface area contributed by atoms with Gasteiger partial charge in [0.1, 0.15) is 16.8 Å². The Hall–Kier alpha value is -2.95. The van der Waals surface area contributed by atoms with Gasteiger partial charge >= 0.3 is 0 Å². The number of hydrogen-bond acceptors (Lipinski definition) is 4. The first-order chi connectivity index (χ1) is 17.5. The van der Waals surface area contributed by atoms with E-state index in [0.717, 1.165) is 34.8 Å². The third-order valence-corrected chi connectivity index (χ3v) is 7.64. The van der Waals surface area contributed by atoms with Gasteiger partial charge in [-0.3, -0.25) is 9.59 Å². The van der Waals surface area contributed by atoms with Crippen LogP contribution in [0.5, 0.6) is 0 Å². The van der Waals surface area contributed by atoms with Gasteiger partial charge < -0.3 is 15.6 Å². The van der Waals surface area contributed by atoms with Gasteiger partial charge in [-0.25, -0.2) is 17.5 Å². The van der Waals surface area contributed by atoms with Crippen molar-refractivity contribution in [1.82, 2.24) is 20.3 Å². The van der Waals surface area contributed by atoms with Crippen LogP contribution in [0.1, 0.15) is 38.8 Å². The second-order valence-electron chi connectivity index (χ2n) is 9.25. The summed E-state index contributed by atoms with van der Waals surface area (Å²) in [6.45, 7) is 4.18. The number of hydrogen-bond donors (Lipinski definition) is 4. The van der Waals surface area contributed by atoms with Crippen molar-refractivity contribution in [1.29, 1.82) is 0 Å². The number of nitrogens with one attached hydrogen (secondary N) is 4. The molecule has 3 rings (SSSR count). The van der Waals surface area contributed by atoms with Crippen LogP contribution < -0.4 is 15.4 Å². The van der Waals surface area contributed by atoms with Gasteiger partial charge in [0.05, 0.1) is 5.02 Å². The summed E-state index contributed by atoms with van der Waals surface area (Å²) < 4.78 is 40.3. The van der Waals surface area contributed by atoms with Crippen molar-refractivity contribution >= 4 is 44.3 Å². The van der Waals surface area contributed by atoms with Gasteiger partial charge in [-0.2, -0.15) is 0 Å². The Bertz CT molecular complexity index is 1310. The van der Waals surface area contributed by atoms with E-state index in [2.05, 4.69) is 20.3 Å². The molecule has 0 saturated carbocycles. The van der Waals surface area contributed by atoms with Crippen molar-refractivity contribution in [3.8, 4) is 0 Å². The van der Waals surface area contributed by atoms with E-state index in [1.165, 1.54) is 0 Å². The SMILES string of the molecule is CC(C)C[C@H](NC(=O)CCc1cc2ccccc2[nH]1)C(=O)NCCCNS(=O)(=O)c1ccc(F)cc1Cl. The molecular weight excluding hydrogens is 519 g/mol. The Morgan fingerprint density at radius 1 is 1.08 bits per heavy atom. The molecule has 8 nitrogen and oxygen atoms in total. The summed E-state index contributed by atoms with van der Waals surface area (Å²) in [5, 5.41) is 6.46. The number of rotatable bonds is 13. The van der Waals surface area contributed by atoms with Crippen LogP contribution in [0.25, 0.3) is 10.9 Å². The van der Waals surface area contributed by atoms with Gasteiger partial charge in [0.25, 0.3) is 0 Å². The van der Waals surface area contributed by atoms with Gasteiger partial charge in [0.15, 0.2) is 0 Å². The quantitative estimate of drug-likeness (QED) is 0.241. The number of sulfonamides is 1. The second kappa shape index (κ2) is 13.0. The van der Waals surface area contributed by atoms with Crippen molar-refractivity contribution in [3.63, 3.8) is 0 Å². The maximum atomic E-state index is 13.2. The molecule has 37 heavy (non-hydrogen) atoms. The number of halogens is 2. The summed E-state index contributed by atoms with van der Waals surface area (Å²) in [4.78, 5) is 28.4. The summed E-state index contributed by atoms with van der Waals surface area (Å²) in [6, 6.07) is 12.2. The molecule has 0 aliphatic rings. The summed E-state index contributed by atoms with van der Waals surface area (Å²) in [5.74, 6) is -0.995. The number of benzene rings is 2. The average molecular weight is 551 g/mol. The minimum atomic E-state index is -3.92. The van der Waals surface area contributed by atoms with E-state index < -0.39 is 21.9 Å². The summed E-state index contributed by atoms with van der Waals surface area (Å²) in [5.41, 5.74) is 1.96. The number of fused-ring (bicyclic) bond motifs is 1. The van der Waals surface area contributed by atoms with Crippen molar-refractivity contribution in [3.05, 3.63) is 65.1 Å². The Kier molecular flexibility index (Phi) is 10.1. The van der Waals surface area contributed by atoms with Crippen LogP contribution in [-0.2, 0) is 26.0 Å². The molecule has 0 aliphatic heterocycles. The number of aromatic nitrogens is 1. The van der Waals surface area contributed by atoms with Crippen LogP contribution in [-0.4, -0.2) is 44.3 Å². The van der Waals surface area contributed by atoms with E-state index in [0.29, 0.717) is 19.3 Å². The van der Waals surface area contributed by atoms with Crippen LogP contribution in [0, 0.1) is 11.7 Å². The number of aryl methyl sites for hydroxylation is 1. The maximum Gasteiger partial charge on any atom is 0.242 e. The fourth-order valence-corrected chi connectivity index (χ4v) is 5.49. The molecule has 0 aliphatic carbocycles. The van der Waals surface area contributed by atoms with E-state index in [1.54, 1.807) is 0 Å². The Morgan fingerprint density at radius 2 is 1.84 bits per heavy atom. The first kappa shape index (κ1) is 28.6. The van der Waals surface area contributed by atoms with E-state index in [1.807, 2.05) is 44.2 Å². The molecule has 11 heteroatoms. The number of H-pyrrole nitrogens is 1. The molecule has 0 unspecified atom stereocenters. The Balaban J connectivity index is 1.45. The van der Waals surface area contributed by atoms with Crippen molar-refractivity contribution in [2.75, 3.05) is 13.1 Å². The lowest BCUT2D eigenvalue weighted by Crippen LogP contribution is -2.48. The standard InChI is InChI=1S/C26H32ClFN4O4S/c1-17(2)14-23(32-25(33)11-9-20-15-18-6-3-4-7-22(18)31-20)26(34)29-12-5-13-30-37(35,36)24-10-8-19(28)16-21(24)27/h3-4,6-8,10,15-17,23,30-31H,5,9,11-14H2,1-2H3,(H,29,34)(H,32,33)/t23-/m0/s1. The Morgan fingerprint density at radius 3 is 2.54 bits per heavy atom.